The molecule has 2 rings (SSSR count). The second-order valence-corrected chi connectivity index (χ2v) is 5.78. The molecule has 2 unspecified atom stereocenters. The molecule has 1 saturated heterocycles. The lowest BCUT2D eigenvalue weighted by molar-refractivity contribution is -0.137. The second kappa shape index (κ2) is 7.28. The lowest BCUT2D eigenvalue weighted by Gasteiger charge is -2.43. The van der Waals surface area contributed by atoms with Crippen molar-refractivity contribution >= 4 is 17.9 Å². The van der Waals surface area contributed by atoms with E-state index < -0.39 is 18.4 Å². The highest BCUT2D eigenvalue weighted by Crippen LogP contribution is 2.35. The molecular weight excluding hydrogens is 274 g/mol. The molecule has 0 aromatic rings. The van der Waals surface area contributed by atoms with E-state index in [0.717, 1.165) is 25.8 Å². The van der Waals surface area contributed by atoms with Crippen molar-refractivity contribution in [3.05, 3.63) is 0 Å². The number of hydrogen-bond donors (Lipinski definition) is 3. The molecule has 2 aliphatic rings. The van der Waals surface area contributed by atoms with Crippen LogP contribution in [0.2, 0.25) is 0 Å². The van der Waals surface area contributed by atoms with Crippen LogP contribution in [-0.2, 0) is 9.59 Å². The van der Waals surface area contributed by atoms with Crippen molar-refractivity contribution in [2.24, 2.45) is 5.92 Å². The third-order valence-electron chi connectivity index (χ3n) is 4.34. The lowest BCUT2D eigenvalue weighted by atomic mass is 9.78. The number of piperidine rings is 1. The molecule has 0 spiro atoms. The highest BCUT2D eigenvalue weighted by Gasteiger charge is 2.35. The monoisotopic (exact) mass is 297 g/mol. The van der Waals surface area contributed by atoms with Gasteiger partial charge in [-0.25, -0.2) is 4.79 Å². The van der Waals surface area contributed by atoms with E-state index >= 15 is 0 Å². The molecule has 0 bridgehead atoms. The molecule has 1 heterocycles. The number of nitrogens with one attached hydrogen (secondary N) is 2. The van der Waals surface area contributed by atoms with Crippen molar-refractivity contribution in [1.82, 2.24) is 15.5 Å². The third-order valence-corrected chi connectivity index (χ3v) is 4.34. The average Bonchev–Trinajstić information content (AvgIpc) is 2.50. The normalized spacial score (nSPS) is 24.9. The molecule has 0 aromatic heterocycles. The molecule has 1 aliphatic carbocycles. The summed E-state index contributed by atoms with van der Waals surface area (Å²) < 4.78 is 0. The maximum absolute atomic E-state index is 12.2. The minimum atomic E-state index is -1.10. The number of hydrogen-bond acceptors (Lipinski definition) is 3. The highest BCUT2D eigenvalue weighted by atomic mass is 16.4. The second-order valence-electron chi connectivity index (χ2n) is 5.78. The van der Waals surface area contributed by atoms with Crippen LogP contribution in [0.1, 0.15) is 38.5 Å². The number of aliphatic carboxylic acids is 1. The van der Waals surface area contributed by atoms with Crippen molar-refractivity contribution in [3.8, 4) is 0 Å². The van der Waals surface area contributed by atoms with Gasteiger partial charge in [0.25, 0.3) is 0 Å². The molecule has 3 N–H and O–H groups in total. The molecule has 7 heteroatoms. The van der Waals surface area contributed by atoms with Crippen LogP contribution in [0, 0.1) is 5.92 Å². The molecule has 0 aromatic carbocycles. The predicted octanol–water partition coefficient (Wildman–Crippen LogP) is 0.551. The summed E-state index contributed by atoms with van der Waals surface area (Å²) in [5, 5.41) is 13.3. The first-order valence-corrected chi connectivity index (χ1v) is 7.61. The van der Waals surface area contributed by atoms with Crippen LogP contribution in [0.4, 0.5) is 4.79 Å². The van der Waals surface area contributed by atoms with Gasteiger partial charge in [-0.05, 0) is 31.6 Å². The van der Waals surface area contributed by atoms with Gasteiger partial charge in [-0.2, -0.15) is 0 Å². The molecule has 1 saturated carbocycles. The molecule has 1 aliphatic heterocycles. The Hall–Kier alpha value is -1.79. The predicted molar refractivity (Wildman–Crippen MR) is 75.7 cm³/mol. The van der Waals surface area contributed by atoms with E-state index in [1.54, 1.807) is 0 Å². The Morgan fingerprint density at radius 2 is 1.71 bits per heavy atom. The van der Waals surface area contributed by atoms with E-state index in [9.17, 15) is 14.4 Å². The Kier molecular flexibility index (Phi) is 5.41. The van der Waals surface area contributed by atoms with E-state index in [1.807, 2.05) is 4.90 Å². The summed E-state index contributed by atoms with van der Waals surface area (Å²) in [5.74, 6) is -0.988. The summed E-state index contributed by atoms with van der Waals surface area (Å²) in [6.45, 7) is 0.132. The van der Waals surface area contributed by atoms with Crippen molar-refractivity contribution in [2.75, 3.05) is 19.6 Å². The minimum absolute atomic E-state index is 0.181. The van der Waals surface area contributed by atoms with Gasteiger partial charge in [0, 0.05) is 12.6 Å². The molecule has 2 atom stereocenters. The Balaban J connectivity index is 1.79. The maximum Gasteiger partial charge on any atom is 0.322 e. The average molecular weight is 297 g/mol. The minimum Gasteiger partial charge on any atom is -0.480 e. The number of carbonyl (C=O) groups is 3. The lowest BCUT2D eigenvalue weighted by Crippen LogP contribution is -2.54. The van der Waals surface area contributed by atoms with Gasteiger partial charge in [-0.3, -0.25) is 9.59 Å². The largest absolute Gasteiger partial charge is 0.480 e. The molecule has 7 nitrogen and oxygen atoms in total. The van der Waals surface area contributed by atoms with Crippen LogP contribution >= 0.6 is 0 Å². The van der Waals surface area contributed by atoms with Gasteiger partial charge in [-0.15, -0.1) is 0 Å². The molecule has 3 amide bonds. The first-order valence-electron chi connectivity index (χ1n) is 7.61. The highest BCUT2D eigenvalue weighted by molar-refractivity contribution is 5.86. The topological polar surface area (TPSA) is 98.7 Å². The van der Waals surface area contributed by atoms with E-state index in [0.29, 0.717) is 12.0 Å². The summed E-state index contributed by atoms with van der Waals surface area (Å²) >= 11 is 0. The number of fused-ring (bicyclic) bond motifs is 1. The van der Waals surface area contributed by atoms with Gasteiger partial charge < -0.3 is 20.6 Å². The number of amides is 3. The fourth-order valence-corrected chi connectivity index (χ4v) is 3.37. The Bertz CT molecular complexity index is 411. The van der Waals surface area contributed by atoms with Gasteiger partial charge in [-0.1, -0.05) is 12.8 Å². The first kappa shape index (κ1) is 15.6. The van der Waals surface area contributed by atoms with Gasteiger partial charge in [0.1, 0.15) is 6.54 Å². The standard InChI is InChI=1S/C14H23N3O4/c18-12(15-9-13(19)20)8-16-14(21)17-7-3-5-10-4-1-2-6-11(10)17/h10-11H,1-9H2,(H,15,18)(H,16,21)(H,19,20). The Morgan fingerprint density at radius 1 is 1.00 bits per heavy atom. The number of likely N-dealkylation sites (tertiary alicyclic amines) is 1. The van der Waals surface area contributed by atoms with Crippen LogP contribution in [-0.4, -0.2) is 53.6 Å². The van der Waals surface area contributed by atoms with Crippen molar-refractivity contribution in [2.45, 2.75) is 44.6 Å². The number of urea groups is 1. The van der Waals surface area contributed by atoms with E-state index in [4.69, 9.17) is 5.11 Å². The third kappa shape index (κ3) is 4.34. The maximum atomic E-state index is 12.2. The summed E-state index contributed by atoms with van der Waals surface area (Å²) in [6, 6.07) is 0.0895. The zero-order valence-electron chi connectivity index (χ0n) is 12.1. The van der Waals surface area contributed by atoms with E-state index in [1.165, 1.54) is 19.3 Å². The van der Waals surface area contributed by atoms with Crippen LogP contribution < -0.4 is 10.6 Å². The zero-order chi connectivity index (χ0) is 15.2. The molecule has 118 valence electrons. The van der Waals surface area contributed by atoms with Gasteiger partial charge in [0.05, 0.1) is 6.54 Å². The number of rotatable bonds is 4. The Labute approximate surface area is 124 Å². The number of carbonyl (C=O) groups excluding carboxylic acids is 2. The first-order chi connectivity index (χ1) is 10.1. The Morgan fingerprint density at radius 3 is 2.48 bits per heavy atom. The van der Waals surface area contributed by atoms with Gasteiger partial charge in [0.15, 0.2) is 0 Å². The number of nitrogens with zero attached hydrogens (tertiary/aromatic N) is 1. The van der Waals surface area contributed by atoms with Crippen LogP contribution in [0.5, 0.6) is 0 Å². The number of carboxylic acids is 1. The van der Waals surface area contributed by atoms with Gasteiger partial charge in [0.2, 0.25) is 5.91 Å². The van der Waals surface area contributed by atoms with E-state index in [2.05, 4.69) is 10.6 Å². The summed E-state index contributed by atoms with van der Waals surface area (Å²) in [6.07, 6.45) is 6.84. The van der Waals surface area contributed by atoms with E-state index in [-0.39, 0.29) is 12.6 Å². The van der Waals surface area contributed by atoms with Crippen LogP contribution in [0.25, 0.3) is 0 Å². The van der Waals surface area contributed by atoms with Crippen molar-refractivity contribution in [3.63, 3.8) is 0 Å². The quantitative estimate of drug-likeness (QED) is 0.705. The molecule has 21 heavy (non-hydrogen) atoms. The summed E-state index contributed by atoms with van der Waals surface area (Å²) in [5.41, 5.74) is 0. The molecule has 0 radical (unpaired) electrons. The van der Waals surface area contributed by atoms with Gasteiger partial charge >= 0.3 is 12.0 Å². The molecule has 2 fully saturated rings. The summed E-state index contributed by atoms with van der Waals surface area (Å²) in [4.78, 5) is 35.8. The molecular formula is C14H23N3O4. The van der Waals surface area contributed by atoms with Crippen LogP contribution in [0.15, 0.2) is 0 Å². The fourth-order valence-electron chi connectivity index (χ4n) is 3.37. The van der Waals surface area contributed by atoms with Crippen molar-refractivity contribution in [1.29, 1.82) is 0 Å². The van der Waals surface area contributed by atoms with Crippen LogP contribution in [0.3, 0.4) is 0 Å². The fraction of sp³-hybridized carbons (Fsp3) is 0.786. The smallest absolute Gasteiger partial charge is 0.322 e. The number of carboxylic acid groups (broad SMARTS) is 1. The summed E-state index contributed by atoms with van der Waals surface area (Å²) in [7, 11) is 0. The SMILES string of the molecule is O=C(O)CNC(=O)CNC(=O)N1CCCC2CCCCC21. The zero-order valence-corrected chi connectivity index (χ0v) is 12.1. The van der Waals surface area contributed by atoms with Crippen molar-refractivity contribution < 1.29 is 19.5 Å².